The summed E-state index contributed by atoms with van der Waals surface area (Å²) in [6.45, 7) is 7.11. The quantitative estimate of drug-likeness (QED) is 0.789. The summed E-state index contributed by atoms with van der Waals surface area (Å²) in [5.74, 6) is 1.79. The van der Waals surface area contributed by atoms with E-state index in [1.165, 1.54) is 37.0 Å². The first-order chi connectivity index (χ1) is 8.70. The van der Waals surface area contributed by atoms with Crippen LogP contribution >= 0.6 is 11.3 Å². The zero-order valence-corrected chi connectivity index (χ0v) is 12.8. The summed E-state index contributed by atoms with van der Waals surface area (Å²) in [6.07, 6.45) is 6.63. The fraction of sp³-hybridized carbons (Fsp3) is 0.750. The molecule has 2 rings (SSSR count). The average Bonchev–Trinajstić information content (AvgIpc) is 2.87. The van der Waals surface area contributed by atoms with E-state index in [1.54, 1.807) is 0 Å². The summed E-state index contributed by atoms with van der Waals surface area (Å²) in [4.78, 5) is 1.52. The van der Waals surface area contributed by atoms with Crippen LogP contribution in [0.3, 0.4) is 0 Å². The van der Waals surface area contributed by atoms with Crippen LogP contribution in [-0.2, 0) is 0 Å². The molecule has 0 spiro atoms. The molecule has 1 heterocycles. The maximum Gasteiger partial charge on any atom is 0.0416 e. The van der Waals surface area contributed by atoms with Crippen LogP contribution < -0.4 is 5.32 Å². The van der Waals surface area contributed by atoms with Crippen molar-refractivity contribution in [1.29, 1.82) is 0 Å². The maximum absolute atomic E-state index is 3.92. The third-order valence-electron chi connectivity index (χ3n) is 4.50. The number of thiophene rings is 1. The molecule has 0 amide bonds. The second-order valence-electron chi connectivity index (χ2n) is 5.99. The topological polar surface area (TPSA) is 12.0 Å². The van der Waals surface area contributed by atoms with Gasteiger partial charge in [-0.2, -0.15) is 0 Å². The zero-order chi connectivity index (χ0) is 13.0. The van der Waals surface area contributed by atoms with Crippen molar-refractivity contribution in [2.24, 2.45) is 11.8 Å². The first-order valence-corrected chi connectivity index (χ1v) is 8.38. The van der Waals surface area contributed by atoms with Gasteiger partial charge in [-0.05, 0) is 49.0 Å². The van der Waals surface area contributed by atoms with Gasteiger partial charge >= 0.3 is 0 Å². The third-order valence-corrected chi connectivity index (χ3v) is 5.49. The Balaban J connectivity index is 1.93. The highest BCUT2D eigenvalue weighted by Gasteiger charge is 2.26. The number of hydrogen-bond acceptors (Lipinski definition) is 2. The molecular weight excluding hydrogens is 238 g/mol. The molecule has 1 saturated carbocycles. The van der Waals surface area contributed by atoms with E-state index < -0.39 is 0 Å². The van der Waals surface area contributed by atoms with Crippen molar-refractivity contribution in [2.75, 3.05) is 0 Å². The molecular formula is C16H27NS. The summed E-state index contributed by atoms with van der Waals surface area (Å²) < 4.78 is 0. The summed E-state index contributed by atoms with van der Waals surface area (Å²) in [5, 5.41) is 6.12. The Kier molecular flexibility index (Phi) is 5.25. The molecule has 4 unspecified atom stereocenters. The Morgan fingerprint density at radius 3 is 2.78 bits per heavy atom. The highest BCUT2D eigenvalue weighted by molar-refractivity contribution is 7.10. The van der Waals surface area contributed by atoms with Gasteiger partial charge in [0.1, 0.15) is 0 Å². The molecule has 1 aromatic rings. The van der Waals surface area contributed by atoms with Crippen molar-refractivity contribution >= 4 is 11.3 Å². The summed E-state index contributed by atoms with van der Waals surface area (Å²) in [5.41, 5.74) is 0. The Morgan fingerprint density at radius 1 is 1.33 bits per heavy atom. The molecule has 4 atom stereocenters. The SMILES string of the molecule is CCCC(NC1CCC(C)C(C)C1)c1cccs1. The van der Waals surface area contributed by atoms with Gasteiger partial charge in [-0.25, -0.2) is 0 Å². The van der Waals surface area contributed by atoms with E-state index in [2.05, 4.69) is 43.6 Å². The fourth-order valence-electron chi connectivity index (χ4n) is 3.07. The fourth-order valence-corrected chi connectivity index (χ4v) is 3.89. The van der Waals surface area contributed by atoms with Crippen LogP contribution in [0.25, 0.3) is 0 Å². The van der Waals surface area contributed by atoms with Gasteiger partial charge in [0.25, 0.3) is 0 Å². The number of rotatable bonds is 5. The molecule has 0 aromatic carbocycles. The van der Waals surface area contributed by atoms with Crippen molar-refractivity contribution in [3.63, 3.8) is 0 Å². The van der Waals surface area contributed by atoms with Crippen molar-refractivity contribution in [3.05, 3.63) is 22.4 Å². The molecule has 0 radical (unpaired) electrons. The van der Waals surface area contributed by atoms with Gasteiger partial charge < -0.3 is 5.32 Å². The minimum absolute atomic E-state index is 0.584. The van der Waals surface area contributed by atoms with Crippen molar-refractivity contribution in [1.82, 2.24) is 5.32 Å². The van der Waals surface area contributed by atoms with E-state index in [-0.39, 0.29) is 0 Å². The van der Waals surface area contributed by atoms with Crippen LogP contribution in [0, 0.1) is 11.8 Å². The van der Waals surface area contributed by atoms with Gasteiger partial charge in [0.05, 0.1) is 0 Å². The number of nitrogens with one attached hydrogen (secondary N) is 1. The predicted octanol–water partition coefficient (Wildman–Crippen LogP) is 5.00. The van der Waals surface area contributed by atoms with Crippen LogP contribution in [-0.4, -0.2) is 6.04 Å². The molecule has 0 bridgehead atoms. The van der Waals surface area contributed by atoms with Crippen molar-refractivity contribution in [3.8, 4) is 0 Å². The van der Waals surface area contributed by atoms with E-state index in [0.717, 1.165) is 17.9 Å². The largest absolute Gasteiger partial charge is 0.306 e. The Morgan fingerprint density at radius 2 is 2.17 bits per heavy atom. The first-order valence-electron chi connectivity index (χ1n) is 7.50. The average molecular weight is 265 g/mol. The zero-order valence-electron chi connectivity index (χ0n) is 12.0. The molecule has 1 aliphatic carbocycles. The lowest BCUT2D eigenvalue weighted by Gasteiger charge is -2.35. The van der Waals surface area contributed by atoms with E-state index in [0.29, 0.717) is 6.04 Å². The molecule has 1 fully saturated rings. The Bertz CT molecular complexity index is 333. The monoisotopic (exact) mass is 265 g/mol. The van der Waals surface area contributed by atoms with Gasteiger partial charge in [0.15, 0.2) is 0 Å². The highest BCUT2D eigenvalue weighted by atomic mass is 32.1. The Labute approximate surface area is 116 Å². The second-order valence-corrected chi connectivity index (χ2v) is 6.97. The lowest BCUT2D eigenvalue weighted by Crippen LogP contribution is -2.38. The van der Waals surface area contributed by atoms with E-state index in [4.69, 9.17) is 0 Å². The molecule has 2 heteroatoms. The van der Waals surface area contributed by atoms with E-state index in [9.17, 15) is 0 Å². The van der Waals surface area contributed by atoms with Gasteiger partial charge in [-0.3, -0.25) is 0 Å². The third kappa shape index (κ3) is 3.58. The van der Waals surface area contributed by atoms with E-state index in [1.807, 2.05) is 11.3 Å². The normalized spacial score (nSPS) is 30.3. The Hall–Kier alpha value is -0.340. The van der Waals surface area contributed by atoms with Crippen LogP contribution in [0.1, 0.15) is 63.8 Å². The molecule has 102 valence electrons. The van der Waals surface area contributed by atoms with Crippen LogP contribution in [0.4, 0.5) is 0 Å². The lowest BCUT2D eigenvalue weighted by atomic mass is 9.79. The lowest BCUT2D eigenvalue weighted by molar-refractivity contribution is 0.213. The number of hydrogen-bond donors (Lipinski definition) is 1. The van der Waals surface area contributed by atoms with Crippen LogP contribution in [0.2, 0.25) is 0 Å². The van der Waals surface area contributed by atoms with Crippen LogP contribution in [0.15, 0.2) is 17.5 Å². The first kappa shape index (κ1) is 14.1. The van der Waals surface area contributed by atoms with Gasteiger partial charge in [0.2, 0.25) is 0 Å². The van der Waals surface area contributed by atoms with E-state index >= 15 is 0 Å². The molecule has 18 heavy (non-hydrogen) atoms. The molecule has 1 aliphatic rings. The minimum Gasteiger partial charge on any atom is -0.306 e. The minimum atomic E-state index is 0.584. The summed E-state index contributed by atoms with van der Waals surface area (Å²) in [7, 11) is 0. The van der Waals surface area contributed by atoms with Crippen LogP contribution in [0.5, 0.6) is 0 Å². The van der Waals surface area contributed by atoms with Crippen molar-refractivity contribution < 1.29 is 0 Å². The molecule has 0 aliphatic heterocycles. The molecule has 1 N–H and O–H groups in total. The maximum atomic E-state index is 3.92. The highest BCUT2D eigenvalue weighted by Crippen LogP contribution is 2.32. The molecule has 0 saturated heterocycles. The molecule has 1 aromatic heterocycles. The molecule has 1 nitrogen and oxygen atoms in total. The van der Waals surface area contributed by atoms with Gasteiger partial charge in [-0.15, -0.1) is 11.3 Å². The van der Waals surface area contributed by atoms with Crippen molar-refractivity contribution in [2.45, 2.75) is 65.0 Å². The van der Waals surface area contributed by atoms with Gasteiger partial charge in [-0.1, -0.05) is 33.3 Å². The summed E-state index contributed by atoms with van der Waals surface area (Å²) >= 11 is 1.90. The standard InChI is InChI=1S/C16H27NS/c1-4-6-15(16-7-5-10-18-16)17-14-9-8-12(2)13(3)11-14/h5,7,10,12-15,17H,4,6,8-9,11H2,1-3H3. The predicted molar refractivity (Wildman–Crippen MR) is 81.1 cm³/mol. The van der Waals surface area contributed by atoms with Gasteiger partial charge in [0, 0.05) is 17.0 Å². The smallest absolute Gasteiger partial charge is 0.0416 e. The summed E-state index contributed by atoms with van der Waals surface area (Å²) in [6, 6.07) is 5.78. The second kappa shape index (κ2) is 6.72.